The second kappa shape index (κ2) is 21.4. The highest BCUT2D eigenvalue weighted by Crippen LogP contribution is 2.42. The third-order valence-corrected chi connectivity index (χ3v) is 13.9. The molecule has 4 aromatic rings. The third kappa shape index (κ3) is 13.0. The number of unbranched alkanes of at least 4 members (excludes halogenated alkanes) is 4. The Kier molecular flexibility index (Phi) is 16.9. The van der Waals surface area contributed by atoms with Gasteiger partial charge in [0.15, 0.2) is 0 Å². The topological polar surface area (TPSA) is 254 Å². The Morgan fingerprint density at radius 1 is 0.344 bits per heavy atom. The molecule has 0 aliphatic heterocycles. The number of ether oxygens (including phenoxy) is 4. The van der Waals surface area contributed by atoms with Gasteiger partial charge in [-0.15, -0.1) is 0 Å². The van der Waals surface area contributed by atoms with Gasteiger partial charge < -0.3 is 18.9 Å². The highest BCUT2D eigenvalue weighted by Gasteiger charge is 2.29. The average molecular weight is 969 g/mol. The van der Waals surface area contributed by atoms with Gasteiger partial charge in [-0.05, 0) is 74.2 Å². The second-order valence-corrected chi connectivity index (χ2v) is 21.4. The van der Waals surface area contributed by atoms with Crippen LogP contribution in [0.2, 0.25) is 0 Å². The zero-order valence-electron chi connectivity index (χ0n) is 36.3. The van der Waals surface area contributed by atoms with E-state index in [1.807, 2.05) is 27.7 Å². The third-order valence-electron chi connectivity index (χ3n) is 10.6. The second-order valence-electron chi connectivity index (χ2n) is 15.7. The van der Waals surface area contributed by atoms with Crippen LogP contribution in [0.4, 0.5) is 0 Å². The summed E-state index contributed by atoms with van der Waals surface area (Å²) < 4.78 is 172. The van der Waals surface area contributed by atoms with Gasteiger partial charge in [0.05, 0.1) is 46.0 Å². The molecule has 4 N–H and O–H groups in total. The summed E-state index contributed by atoms with van der Waals surface area (Å²) in [7, 11) is -19.8. The van der Waals surface area contributed by atoms with Crippen molar-refractivity contribution in [2.24, 2.45) is 0 Å². The monoisotopic (exact) mass is 968 g/mol. The SMILES string of the molecule is CCCCOc1c2cc(S(=O)(=O)O)cc1Cc1cc(S(=O)(=O)O)cc(c1OCCCC)Cc1cc(S(=O)(=O)O)cc(c1OCCCC)Cc1cc(S(=O)(=O)O)cc(c1OCCCC)C2. The molecule has 1 aliphatic rings. The van der Waals surface area contributed by atoms with E-state index in [4.69, 9.17) is 18.9 Å². The molecule has 20 heteroatoms. The summed E-state index contributed by atoms with van der Waals surface area (Å²) >= 11 is 0. The van der Waals surface area contributed by atoms with E-state index >= 15 is 0 Å². The van der Waals surface area contributed by atoms with E-state index in [1.165, 1.54) is 48.5 Å². The lowest BCUT2D eigenvalue weighted by Crippen LogP contribution is -2.13. The van der Waals surface area contributed by atoms with Crippen LogP contribution in [0.1, 0.15) is 124 Å². The molecular formula is C44H56O16S4. The van der Waals surface area contributed by atoms with E-state index in [1.54, 1.807) is 0 Å². The van der Waals surface area contributed by atoms with Crippen molar-refractivity contribution < 1.29 is 70.8 Å². The molecular weight excluding hydrogens is 913 g/mol. The number of benzene rings is 4. The van der Waals surface area contributed by atoms with Crippen molar-refractivity contribution >= 4 is 40.5 Å². The molecule has 0 aromatic heterocycles. The van der Waals surface area contributed by atoms with Gasteiger partial charge in [-0.2, -0.15) is 33.7 Å². The Balaban J connectivity index is 2.04. The van der Waals surface area contributed by atoms with Crippen LogP contribution in [-0.4, -0.2) is 78.3 Å². The minimum absolute atomic E-state index is 0.124. The standard InChI is InChI=1S/C44H56O16S4/c1-5-9-13-57-41-29-17-31-23-38(62(48,49)50)25-33(42(31)58-14-10-6-2)19-35-27-40(64(54,55)56)28-36(44(35)60-16-12-8-4)20-34-26-39(63(51,52)53)24-32(43(34)59-15-11-7-3)18-30(41)22-37(21-29)61(45,46)47/h21-28H,5-20H2,1-4H3,(H,45,46,47)(H,48,49,50)(H,51,52,53)(H,54,55,56). The molecule has 0 unspecified atom stereocenters. The first-order chi connectivity index (χ1) is 30.1. The maximum absolute atomic E-state index is 13.0. The van der Waals surface area contributed by atoms with Gasteiger partial charge in [-0.25, -0.2) is 0 Å². The first-order valence-corrected chi connectivity index (χ1v) is 26.9. The van der Waals surface area contributed by atoms with E-state index in [0.717, 1.165) is 0 Å². The maximum atomic E-state index is 13.0. The number of rotatable bonds is 20. The molecule has 0 saturated heterocycles. The van der Waals surface area contributed by atoms with Crippen molar-refractivity contribution in [3.8, 4) is 23.0 Å². The normalized spacial score (nSPS) is 13.4. The summed E-state index contributed by atoms with van der Waals surface area (Å²) in [5.74, 6) is 0.497. The van der Waals surface area contributed by atoms with Crippen LogP contribution in [0.15, 0.2) is 68.1 Å². The van der Waals surface area contributed by atoms with Gasteiger partial charge in [0.2, 0.25) is 0 Å². The zero-order valence-corrected chi connectivity index (χ0v) is 39.5. The van der Waals surface area contributed by atoms with Gasteiger partial charge in [0.1, 0.15) is 23.0 Å². The van der Waals surface area contributed by atoms with Crippen molar-refractivity contribution in [3.63, 3.8) is 0 Å². The molecule has 0 saturated carbocycles. The molecule has 5 rings (SSSR count). The van der Waals surface area contributed by atoms with Crippen molar-refractivity contribution in [1.29, 1.82) is 0 Å². The first kappa shape index (κ1) is 50.7. The lowest BCUT2D eigenvalue weighted by atomic mass is 9.91. The molecule has 0 spiro atoms. The van der Waals surface area contributed by atoms with E-state index in [2.05, 4.69) is 0 Å². The van der Waals surface area contributed by atoms with Crippen LogP contribution < -0.4 is 18.9 Å². The van der Waals surface area contributed by atoms with E-state index in [0.29, 0.717) is 51.4 Å². The number of hydrogen-bond donors (Lipinski definition) is 4. The predicted molar refractivity (Wildman–Crippen MR) is 238 cm³/mol. The largest absolute Gasteiger partial charge is 0.493 e. The minimum Gasteiger partial charge on any atom is -0.493 e. The highest BCUT2D eigenvalue weighted by molar-refractivity contribution is 7.86. The minimum atomic E-state index is -4.95. The lowest BCUT2D eigenvalue weighted by molar-refractivity contribution is 0.297. The molecule has 0 atom stereocenters. The maximum Gasteiger partial charge on any atom is 0.294 e. The smallest absolute Gasteiger partial charge is 0.294 e. The van der Waals surface area contributed by atoms with Crippen LogP contribution in [0.5, 0.6) is 23.0 Å². The van der Waals surface area contributed by atoms with Gasteiger partial charge in [0, 0.05) is 70.2 Å². The molecule has 0 fully saturated rings. The molecule has 4 aromatic carbocycles. The summed E-state index contributed by atoms with van der Waals surface area (Å²) in [6.45, 7) is 8.20. The van der Waals surface area contributed by atoms with E-state index < -0.39 is 60.1 Å². The Hall–Kier alpha value is -4.28. The van der Waals surface area contributed by atoms with Crippen molar-refractivity contribution in [2.45, 2.75) is 124 Å². The summed E-state index contributed by atoms with van der Waals surface area (Å²) in [5, 5.41) is 0. The quantitative estimate of drug-likeness (QED) is 0.0425. The summed E-state index contributed by atoms with van der Waals surface area (Å²) in [5.41, 5.74) is 1.04. The molecule has 1 aliphatic carbocycles. The average Bonchev–Trinajstić information content (AvgIpc) is 3.19. The molecule has 64 heavy (non-hydrogen) atoms. The Labute approximate surface area is 376 Å². The fourth-order valence-electron chi connectivity index (χ4n) is 7.37. The first-order valence-electron chi connectivity index (χ1n) is 21.1. The Bertz CT molecular complexity index is 2310. The number of fused-ring (bicyclic) bond motifs is 8. The zero-order chi connectivity index (χ0) is 47.0. The highest BCUT2D eigenvalue weighted by atomic mass is 32.2. The van der Waals surface area contributed by atoms with Crippen LogP contribution in [-0.2, 0) is 66.2 Å². The van der Waals surface area contributed by atoms with Gasteiger partial charge in [0.25, 0.3) is 40.5 Å². The van der Waals surface area contributed by atoms with Gasteiger partial charge in [-0.3, -0.25) is 18.2 Å². The van der Waals surface area contributed by atoms with Crippen molar-refractivity contribution in [2.75, 3.05) is 26.4 Å². The molecule has 352 valence electrons. The molecule has 0 heterocycles. The van der Waals surface area contributed by atoms with Crippen LogP contribution in [0.25, 0.3) is 0 Å². The fraction of sp³-hybridized carbons (Fsp3) is 0.455. The van der Waals surface area contributed by atoms with E-state index in [-0.39, 0.29) is 120 Å². The van der Waals surface area contributed by atoms with Gasteiger partial charge in [-0.1, -0.05) is 53.4 Å². The van der Waals surface area contributed by atoms with Crippen molar-refractivity contribution in [1.82, 2.24) is 0 Å². The van der Waals surface area contributed by atoms with E-state index in [9.17, 15) is 51.9 Å². The Morgan fingerprint density at radius 2 is 0.500 bits per heavy atom. The fourth-order valence-corrected chi connectivity index (χ4v) is 9.70. The van der Waals surface area contributed by atoms with Crippen LogP contribution in [0.3, 0.4) is 0 Å². The number of hydrogen-bond acceptors (Lipinski definition) is 12. The van der Waals surface area contributed by atoms with Gasteiger partial charge >= 0.3 is 0 Å². The summed E-state index contributed by atoms with van der Waals surface area (Å²) in [6.07, 6.45) is 3.71. The molecule has 0 radical (unpaired) electrons. The Morgan fingerprint density at radius 3 is 0.625 bits per heavy atom. The predicted octanol–water partition coefficient (Wildman–Crippen LogP) is 8.07. The van der Waals surface area contributed by atoms with Crippen LogP contribution >= 0.6 is 0 Å². The molecule has 8 bridgehead atoms. The molecule has 0 amide bonds. The van der Waals surface area contributed by atoms with Crippen molar-refractivity contribution in [3.05, 3.63) is 93.0 Å². The summed E-state index contributed by atoms with van der Waals surface area (Å²) in [6, 6.07) is 9.33. The summed E-state index contributed by atoms with van der Waals surface area (Å²) in [4.78, 5) is -2.27. The van der Waals surface area contributed by atoms with Crippen LogP contribution in [0, 0.1) is 0 Å². The lowest BCUT2D eigenvalue weighted by Gasteiger charge is -2.24. The molecule has 16 nitrogen and oxygen atoms in total.